The van der Waals surface area contributed by atoms with E-state index in [1.54, 1.807) is 6.92 Å². The highest BCUT2D eigenvalue weighted by Crippen LogP contribution is 2.34. The number of fused-ring (bicyclic) bond motifs is 4. The van der Waals surface area contributed by atoms with Crippen molar-refractivity contribution in [3.63, 3.8) is 0 Å². The summed E-state index contributed by atoms with van der Waals surface area (Å²) in [5.74, 6) is 0.576. The molecule has 0 unspecified atom stereocenters. The third kappa shape index (κ3) is 3.48. The Balaban J connectivity index is 1.86. The summed E-state index contributed by atoms with van der Waals surface area (Å²) in [4.78, 5) is 11.4. The largest absolute Gasteiger partial charge is 0.473 e. The van der Waals surface area contributed by atoms with Gasteiger partial charge in [-0.15, -0.1) is 0 Å². The number of halogens is 1. The second-order valence-corrected chi connectivity index (χ2v) is 9.85. The van der Waals surface area contributed by atoms with Gasteiger partial charge in [0.05, 0.1) is 35.2 Å². The molecule has 2 aromatic rings. The first kappa shape index (κ1) is 19.2. The predicted octanol–water partition coefficient (Wildman–Crippen LogP) is 2.64. The molecule has 9 heteroatoms. The van der Waals surface area contributed by atoms with Crippen LogP contribution in [0.3, 0.4) is 0 Å². The van der Waals surface area contributed by atoms with Crippen molar-refractivity contribution >= 4 is 33.5 Å². The molecule has 2 aliphatic heterocycles. The highest BCUT2D eigenvalue weighted by atomic mass is 32.2. The number of hydrogen-bond acceptors (Lipinski definition) is 6. The summed E-state index contributed by atoms with van der Waals surface area (Å²) in [6, 6.07) is 2.78. The van der Waals surface area contributed by atoms with Crippen molar-refractivity contribution in [1.29, 1.82) is 0 Å². The molecule has 0 amide bonds. The first-order chi connectivity index (χ1) is 13.2. The average molecular weight is 406 g/mol. The van der Waals surface area contributed by atoms with E-state index in [1.165, 1.54) is 12.1 Å². The normalized spacial score (nSPS) is 21.1. The quantitative estimate of drug-likeness (QED) is 0.714. The number of hydrogen-bond donors (Lipinski definition) is 0. The molecule has 0 saturated carbocycles. The van der Waals surface area contributed by atoms with Gasteiger partial charge in [0, 0.05) is 18.2 Å². The molecular weight excluding hydrogens is 383 g/mol. The van der Waals surface area contributed by atoms with E-state index in [0.717, 1.165) is 0 Å². The predicted molar refractivity (Wildman–Crippen MR) is 107 cm³/mol. The van der Waals surface area contributed by atoms with Gasteiger partial charge < -0.3 is 14.4 Å². The van der Waals surface area contributed by atoms with E-state index in [-0.39, 0.29) is 6.04 Å². The van der Waals surface area contributed by atoms with Gasteiger partial charge in [-0.1, -0.05) is 0 Å². The van der Waals surface area contributed by atoms with E-state index in [9.17, 15) is 8.60 Å². The van der Waals surface area contributed by atoms with Crippen LogP contribution in [0.25, 0.3) is 11.0 Å². The van der Waals surface area contributed by atoms with Gasteiger partial charge in [-0.05, 0) is 33.8 Å². The number of morpholine rings is 1. The van der Waals surface area contributed by atoms with Gasteiger partial charge in [-0.25, -0.2) is 18.6 Å². The van der Waals surface area contributed by atoms with Crippen molar-refractivity contribution in [1.82, 2.24) is 9.97 Å². The molecule has 2 aliphatic rings. The molecule has 3 heterocycles. The fraction of sp³-hybridized carbons (Fsp3) is 0.526. The molecule has 1 saturated heterocycles. The standard InChI is InChI=1S/C19H23FN4O3S/c1-11(23-28(25)19(2,3)4)14-7-12(20)8-15-16(14)22-17-18(21-15)27-10-13-9-26-6-5-24(13)17/h7-8,13H,5-6,9-10H2,1-4H3/b23-11+/t13-,28+/m0/s1. The van der Waals surface area contributed by atoms with Crippen LogP contribution in [0.4, 0.5) is 10.2 Å². The van der Waals surface area contributed by atoms with Crippen LogP contribution in [-0.4, -0.2) is 57.0 Å². The molecular formula is C19H23FN4O3S. The lowest BCUT2D eigenvalue weighted by atomic mass is 10.1. The van der Waals surface area contributed by atoms with Gasteiger partial charge in [-0.3, -0.25) is 0 Å². The van der Waals surface area contributed by atoms with Crippen LogP contribution >= 0.6 is 0 Å². The number of nitrogens with zero attached hydrogens (tertiary/aromatic N) is 4. The number of anilines is 1. The smallest absolute Gasteiger partial charge is 0.258 e. The van der Waals surface area contributed by atoms with Crippen LogP contribution in [0, 0.1) is 5.82 Å². The third-order valence-electron chi connectivity index (χ3n) is 4.73. The molecule has 0 aliphatic carbocycles. The monoisotopic (exact) mass is 406 g/mol. The van der Waals surface area contributed by atoms with Gasteiger partial charge in [0.15, 0.2) is 5.82 Å². The van der Waals surface area contributed by atoms with Crippen molar-refractivity contribution in [3.05, 3.63) is 23.5 Å². The van der Waals surface area contributed by atoms with Gasteiger partial charge in [-0.2, -0.15) is 4.40 Å². The lowest BCUT2D eigenvalue weighted by molar-refractivity contribution is 0.0686. The highest BCUT2D eigenvalue weighted by molar-refractivity contribution is 7.85. The Kier molecular flexibility index (Phi) is 4.83. The Morgan fingerprint density at radius 3 is 2.86 bits per heavy atom. The molecule has 0 spiro atoms. The zero-order valence-electron chi connectivity index (χ0n) is 16.4. The van der Waals surface area contributed by atoms with Crippen molar-refractivity contribution in [2.75, 3.05) is 31.3 Å². The average Bonchev–Trinajstić information content (AvgIpc) is 2.65. The van der Waals surface area contributed by atoms with Crippen molar-refractivity contribution < 1.29 is 18.1 Å². The molecule has 0 bridgehead atoms. The van der Waals surface area contributed by atoms with Gasteiger partial charge in [0.1, 0.15) is 28.9 Å². The molecule has 1 aromatic heterocycles. The molecule has 28 heavy (non-hydrogen) atoms. The maximum Gasteiger partial charge on any atom is 0.258 e. The molecule has 1 fully saturated rings. The van der Waals surface area contributed by atoms with E-state index in [2.05, 4.69) is 14.3 Å². The van der Waals surface area contributed by atoms with E-state index >= 15 is 0 Å². The number of rotatable bonds is 2. The summed E-state index contributed by atoms with van der Waals surface area (Å²) in [6.07, 6.45) is 0. The minimum atomic E-state index is -1.46. The van der Waals surface area contributed by atoms with Crippen molar-refractivity contribution in [2.45, 2.75) is 38.5 Å². The lowest BCUT2D eigenvalue weighted by Gasteiger charge is -2.39. The summed E-state index contributed by atoms with van der Waals surface area (Å²) >= 11 is 0. The van der Waals surface area contributed by atoms with E-state index in [1.807, 2.05) is 20.8 Å². The maximum atomic E-state index is 14.3. The lowest BCUT2D eigenvalue weighted by Crippen LogP contribution is -2.51. The first-order valence-electron chi connectivity index (χ1n) is 9.20. The van der Waals surface area contributed by atoms with E-state index in [4.69, 9.17) is 14.5 Å². The van der Waals surface area contributed by atoms with Crippen LogP contribution < -0.4 is 9.64 Å². The minimum absolute atomic E-state index is 0.0834. The minimum Gasteiger partial charge on any atom is -0.473 e. The molecule has 7 nitrogen and oxygen atoms in total. The van der Waals surface area contributed by atoms with Crippen LogP contribution in [0.15, 0.2) is 16.5 Å². The fourth-order valence-corrected chi connectivity index (χ4v) is 3.84. The molecule has 1 aromatic carbocycles. The Labute approximate surface area is 165 Å². The topological polar surface area (TPSA) is 76.9 Å². The van der Waals surface area contributed by atoms with Crippen molar-refractivity contribution in [3.8, 4) is 5.88 Å². The number of ether oxygens (including phenoxy) is 2. The van der Waals surface area contributed by atoms with Crippen LogP contribution in [-0.2, 0) is 15.7 Å². The third-order valence-corrected chi connectivity index (χ3v) is 6.22. The van der Waals surface area contributed by atoms with E-state index < -0.39 is 21.5 Å². The maximum absolute atomic E-state index is 14.3. The molecule has 2 atom stereocenters. The second-order valence-electron chi connectivity index (χ2n) is 7.94. The zero-order valence-corrected chi connectivity index (χ0v) is 17.2. The Bertz CT molecular complexity index is 989. The summed E-state index contributed by atoms with van der Waals surface area (Å²) in [5.41, 5.74) is 1.85. The summed E-state index contributed by atoms with van der Waals surface area (Å²) in [7, 11) is -1.46. The Morgan fingerprint density at radius 2 is 2.11 bits per heavy atom. The first-order valence-corrected chi connectivity index (χ1v) is 10.3. The number of benzene rings is 1. The van der Waals surface area contributed by atoms with Crippen LogP contribution in [0.1, 0.15) is 33.3 Å². The molecule has 150 valence electrons. The summed E-state index contributed by atoms with van der Waals surface area (Å²) in [5, 5.41) is 0. The van der Waals surface area contributed by atoms with Crippen molar-refractivity contribution in [2.24, 2.45) is 4.40 Å². The Hall–Kier alpha value is -2.13. The summed E-state index contributed by atoms with van der Waals surface area (Å²) < 4.78 is 41.8. The van der Waals surface area contributed by atoms with Gasteiger partial charge >= 0.3 is 0 Å². The second kappa shape index (κ2) is 7.04. The number of aromatic nitrogens is 2. The highest BCUT2D eigenvalue weighted by Gasteiger charge is 2.33. The summed E-state index contributed by atoms with van der Waals surface area (Å²) in [6.45, 7) is 9.57. The zero-order chi connectivity index (χ0) is 20.1. The van der Waals surface area contributed by atoms with E-state index in [0.29, 0.717) is 60.4 Å². The van der Waals surface area contributed by atoms with Gasteiger partial charge in [0.2, 0.25) is 0 Å². The molecule has 4 rings (SSSR count). The van der Waals surface area contributed by atoms with Crippen LogP contribution in [0.5, 0.6) is 5.88 Å². The Morgan fingerprint density at radius 1 is 1.32 bits per heavy atom. The molecule has 0 radical (unpaired) electrons. The molecule has 0 N–H and O–H groups in total. The SMILES string of the molecule is C/C(=N\[S@](=O)C(C)(C)C)c1cc(F)cc2nc3c(nc12)N1CCOC[C@H]1CO3. The fourth-order valence-electron chi connectivity index (χ4n) is 3.22. The van der Waals surface area contributed by atoms with Crippen LogP contribution in [0.2, 0.25) is 0 Å². The van der Waals surface area contributed by atoms with Gasteiger partial charge in [0.25, 0.3) is 5.88 Å².